The van der Waals surface area contributed by atoms with E-state index in [0.717, 1.165) is 4.90 Å². The average molecular weight is 318 g/mol. The number of carbonyl (C=O) groups is 2. The molecule has 1 N–H and O–H groups in total. The molecule has 1 heterocycles. The minimum absolute atomic E-state index is 0.00281. The molecule has 0 bridgehead atoms. The molecule has 1 aliphatic heterocycles. The Morgan fingerprint density at radius 2 is 2.14 bits per heavy atom. The summed E-state index contributed by atoms with van der Waals surface area (Å²) in [4.78, 5) is 24.4. The number of carbonyl (C=O) groups excluding carboxylic acids is 1. The van der Waals surface area contributed by atoms with Crippen LogP contribution in [0.15, 0.2) is 12.7 Å². The van der Waals surface area contributed by atoms with E-state index < -0.39 is 34.5 Å². The predicted octanol–water partition coefficient (Wildman–Crippen LogP) is 0.290. The van der Waals surface area contributed by atoms with Crippen molar-refractivity contribution in [1.29, 1.82) is 0 Å². The molecular weight excluding hydrogens is 296 g/mol. The average Bonchev–Trinajstić information content (AvgIpc) is 2.86. The summed E-state index contributed by atoms with van der Waals surface area (Å²) < 4.78 is 25.6. The molecule has 1 unspecified atom stereocenters. The van der Waals surface area contributed by atoms with E-state index in [-0.39, 0.29) is 12.3 Å². The van der Waals surface area contributed by atoms with Crippen molar-refractivity contribution in [3.63, 3.8) is 0 Å². The lowest BCUT2D eigenvalue weighted by Gasteiger charge is -2.28. The minimum atomic E-state index is -3.47. The second kappa shape index (κ2) is 7.56. The van der Waals surface area contributed by atoms with E-state index in [9.17, 15) is 18.0 Å². The number of sulfonamides is 1. The van der Waals surface area contributed by atoms with Gasteiger partial charge in [-0.05, 0) is 19.3 Å². The summed E-state index contributed by atoms with van der Waals surface area (Å²) in [7, 11) is -3.47. The van der Waals surface area contributed by atoms with Crippen LogP contribution in [0.5, 0.6) is 0 Å². The van der Waals surface area contributed by atoms with Crippen molar-refractivity contribution in [2.75, 3.05) is 25.4 Å². The van der Waals surface area contributed by atoms with Gasteiger partial charge < -0.3 is 10.0 Å². The highest BCUT2D eigenvalue weighted by Gasteiger charge is 2.40. The van der Waals surface area contributed by atoms with Crippen molar-refractivity contribution in [2.24, 2.45) is 0 Å². The molecule has 21 heavy (non-hydrogen) atoms. The fraction of sp³-hybridized carbons (Fsp3) is 0.692. The third-order valence-corrected chi connectivity index (χ3v) is 5.37. The van der Waals surface area contributed by atoms with E-state index in [2.05, 4.69) is 6.58 Å². The first-order valence-corrected chi connectivity index (χ1v) is 8.55. The van der Waals surface area contributed by atoms with Gasteiger partial charge in [0.15, 0.2) is 0 Å². The Bertz CT molecular complexity index is 503. The third kappa shape index (κ3) is 4.53. The fourth-order valence-electron chi connectivity index (χ4n) is 2.46. The van der Waals surface area contributed by atoms with Gasteiger partial charge in [-0.1, -0.05) is 13.0 Å². The van der Waals surface area contributed by atoms with Crippen LogP contribution in [0.3, 0.4) is 0 Å². The largest absolute Gasteiger partial charge is 0.480 e. The SMILES string of the molecule is C=CCN(CC(=O)O)C(=O)C1CCCN1S(=O)(=O)CCC. The highest BCUT2D eigenvalue weighted by molar-refractivity contribution is 7.89. The number of amides is 1. The van der Waals surface area contributed by atoms with Gasteiger partial charge in [-0.3, -0.25) is 9.59 Å². The smallest absolute Gasteiger partial charge is 0.323 e. The Kier molecular flexibility index (Phi) is 6.35. The number of carboxylic acids is 1. The molecule has 0 aromatic rings. The molecule has 1 fully saturated rings. The minimum Gasteiger partial charge on any atom is -0.480 e. The van der Waals surface area contributed by atoms with Gasteiger partial charge in [0.25, 0.3) is 0 Å². The van der Waals surface area contributed by atoms with Gasteiger partial charge in [0, 0.05) is 13.1 Å². The normalized spacial score (nSPS) is 19.4. The summed E-state index contributed by atoms with van der Waals surface area (Å²) in [5.41, 5.74) is 0. The van der Waals surface area contributed by atoms with Crippen molar-refractivity contribution in [1.82, 2.24) is 9.21 Å². The fourth-order valence-corrected chi connectivity index (χ4v) is 4.20. The van der Waals surface area contributed by atoms with Crippen molar-refractivity contribution >= 4 is 21.9 Å². The molecule has 1 rings (SSSR count). The molecule has 120 valence electrons. The monoisotopic (exact) mass is 318 g/mol. The van der Waals surface area contributed by atoms with Crippen LogP contribution >= 0.6 is 0 Å². The summed E-state index contributed by atoms with van der Waals surface area (Å²) in [6.45, 7) is 5.20. The Balaban J connectivity index is 2.92. The molecule has 0 spiro atoms. The summed E-state index contributed by atoms with van der Waals surface area (Å²) in [5.74, 6) is -1.60. The number of hydrogen-bond acceptors (Lipinski definition) is 4. The van der Waals surface area contributed by atoms with Gasteiger partial charge >= 0.3 is 5.97 Å². The van der Waals surface area contributed by atoms with E-state index >= 15 is 0 Å². The van der Waals surface area contributed by atoms with Crippen molar-refractivity contribution < 1.29 is 23.1 Å². The number of rotatable bonds is 8. The summed E-state index contributed by atoms with van der Waals surface area (Å²) in [6.07, 6.45) is 2.94. The molecular formula is C13H22N2O5S. The molecule has 0 aliphatic carbocycles. The lowest BCUT2D eigenvalue weighted by molar-refractivity contribution is -0.145. The Labute approximate surface area is 125 Å². The van der Waals surface area contributed by atoms with Gasteiger partial charge in [-0.15, -0.1) is 6.58 Å². The second-order valence-corrected chi connectivity index (χ2v) is 7.03. The molecule has 0 aromatic heterocycles. The number of carboxylic acid groups (broad SMARTS) is 1. The molecule has 0 radical (unpaired) electrons. The maximum Gasteiger partial charge on any atom is 0.323 e. The molecule has 1 saturated heterocycles. The van der Waals surface area contributed by atoms with Crippen LogP contribution in [-0.4, -0.2) is 66.0 Å². The Morgan fingerprint density at radius 3 is 2.67 bits per heavy atom. The summed E-state index contributed by atoms with van der Waals surface area (Å²) in [6, 6.07) is -0.791. The van der Waals surface area contributed by atoms with Gasteiger partial charge in [0.05, 0.1) is 5.75 Å². The quantitative estimate of drug-likeness (QED) is 0.649. The van der Waals surface area contributed by atoms with Crippen LogP contribution in [0.1, 0.15) is 26.2 Å². The van der Waals surface area contributed by atoms with Crippen LogP contribution in [0.2, 0.25) is 0 Å². The Hall–Kier alpha value is -1.41. The first-order valence-electron chi connectivity index (χ1n) is 6.94. The van der Waals surface area contributed by atoms with Gasteiger partial charge in [0.1, 0.15) is 12.6 Å². The van der Waals surface area contributed by atoms with E-state index in [1.165, 1.54) is 10.4 Å². The van der Waals surface area contributed by atoms with Crippen LogP contribution in [0.25, 0.3) is 0 Å². The maximum atomic E-state index is 12.4. The zero-order valence-electron chi connectivity index (χ0n) is 12.2. The molecule has 1 aliphatic rings. The summed E-state index contributed by atoms with van der Waals surface area (Å²) in [5, 5.41) is 8.85. The molecule has 0 aromatic carbocycles. The van der Waals surface area contributed by atoms with Gasteiger partial charge in [-0.2, -0.15) is 4.31 Å². The van der Waals surface area contributed by atoms with Crippen LogP contribution < -0.4 is 0 Å². The van der Waals surface area contributed by atoms with E-state index in [1.54, 1.807) is 6.92 Å². The maximum absolute atomic E-state index is 12.4. The topological polar surface area (TPSA) is 95.0 Å². The van der Waals surface area contributed by atoms with Gasteiger partial charge in [-0.25, -0.2) is 8.42 Å². The zero-order valence-corrected chi connectivity index (χ0v) is 13.0. The molecule has 0 saturated carbocycles. The van der Waals surface area contributed by atoms with Crippen molar-refractivity contribution in [3.05, 3.63) is 12.7 Å². The van der Waals surface area contributed by atoms with E-state index in [1.807, 2.05) is 0 Å². The second-order valence-electron chi connectivity index (χ2n) is 4.99. The number of aliphatic carboxylic acids is 1. The molecule has 1 amide bonds. The first-order chi connectivity index (χ1) is 9.83. The lowest BCUT2D eigenvalue weighted by atomic mass is 10.2. The molecule has 7 nitrogen and oxygen atoms in total. The van der Waals surface area contributed by atoms with Crippen molar-refractivity contribution in [2.45, 2.75) is 32.2 Å². The standard InChI is InChI=1S/C13H22N2O5S/c1-3-7-14(10-12(16)17)13(18)11-6-5-8-15(11)21(19,20)9-4-2/h3,11H,1,4-10H2,2H3,(H,16,17). The highest BCUT2D eigenvalue weighted by atomic mass is 32.2. The number of nitrogens with zero attached hydrogens (tertiary/aromatic N) is 2. The zero-order chi connectivity index (χ0) is 16.0. The van der Waals surface area contributed by atoms with Crippen molar-refractivity contribution in [3.8, 4) is 0 Å². The van der Waals surface area contributed by atoms with Crippen LogP contribution in [0, 0.1) is 0 Å². The third-order valence-electron chi connectivity index (χ3n) is 3.30. The highest BCUT2D eigenvalue weighted by Crippen LogP contribution is 2.23. The van der Waals surface area contributed by atoms with Crippen LogP contribution in [0.4, 0.5) is 0 Å². The summed E-state index contributed by atoms with van der Waals surface area (Å²) >= 11 is 0. The van der Waals surface area contributed by atoms with Gasteiger partial charge in [0.2, 0.25) is 15.9 Å². The van der Waals surface area contributed by atoms with E-state index in [0.29, 0.717) is 25.8 Å². The predicted molar refractivity (Wildman–Crippen MR) is 78.2 cm³/mol. The lowest BCUT2D eigenvalue weighted by Crippen LogP contribution is -2.49. The molecule has 1 atom stereocenters. The van der Waals surface area contributed by atoms with E-state index in [4.69, 9.17) is 5.11 Å². The Morgan fingerprint density at radius 1 is 1.48 bits per heavy atom. The van der Waals surface area contributed by atoms with Crippen LogP contribution in [-0.2, 0) is 19.6 Å². The number of hydrogen-bond donors (Lipinski definition) is 1. The molecule has 8 heteroatoms. The first kappa shape index (κ1) is 17.6.